The fraction of sp³-hybridized carbons (Fsp3) is 0.542. The Morgan fingerprint density at radius 3 is 2.16 bits per heavy atom. The van der Waals surface area contributed by atoms with E-state index >= 15 is 0 Å². The Labute approximate surface area is 181 Å². The highest BCUT2D eigenvalue weighted by molar-refractivity contribution is 5.83. The van der Waals surface area contributed by atoms with E-state index < -0.39 is 35.4 Å². The van der Waals surface area contributed by atoms with Crippen LogP contribution in [0.5, 0.6) is 5.75 Å². The van der Waals surface area contributed by atoms with E-state index in [-0.39, 0.29) is 30.3 Å². The lowest BCUT2D eigenvalue weighted by Crippen LogP contribution is -2.52. The SMILES string of the molecule is CC(C)CC(=O)O[C@@H]1c2c(ccc3ccc(=O)oc23)OC(C)(C)[C@@H]1OC(=O)CC(C)C. The molecule has 0 unspecified atom stereocenters. The van der Waals surface area contributed by atoms with Crippen molar-refractivity contribution in [2.24, 2.45) is 11.8 Å². The number of ether oxygens (including phenoxy) is 3. The first-order valence-electron chi connectivity index (χ1n) is 10.6. The summed E-state index contributed by atoms with van der Waals surface area (Å²) in [4.78, 5) is 37.2. The number of hydrogen-bond donors (Lipinski definition) is 0. The molecule has 0 N–H and O–H groups in total. The van der Waals surface area contributed by atoms with Crippen LogP contribution in [0.25, 0.3) is 11.0 Å². The molecular formula is C24H30O7. The number of fused-ring (bicyclic) bond motifs is 3. The Morgan fingerprint density at radius 2 is 1.55 bits per heavy atom. The monoisotopic (exact) mass is 430 g/mol. The van der Waals surface area contributed by atoms with Crippen molar-refractivity contribution in [2.75, 3.05) is 0 Å². The first-order chi connectivity index (χ1) is 14.5. The molecule has 31 heavy (non-hydrogen) atoms. The Bertz CT molecular complexity index is 1030. The quantitative estimate of drug-likeness (QED) is 0.490. The van der Waals surface area contributed by atoms with Crippen LogP contribution < -0.4 is 10.4 Å². The van der Waals surface area contributed by atoms with Gasteiger partial charge in [0.2, 0.25) is 0 Å². The number of rotatable bonds is 6. The summed E-state index contributed by atoms with van der Waals surface area (Å²) in [6.45, 7) is 11.2. The summed E-state index contributed by atoms with van der Waals surface area (Å²) in [6, 6.07) is 6.47. The Morgan fingerprint density at radius 1 is 0.968 bits per heavy atom. The average molecular weight is 430 g/mol. The molecule has 1 aromatic carbocycles. The van der Waals surface area contributed by atoms with Gasteiger partial charge in [-0.15, -0.1) is 0 Å². The summed E-state index contributed by atoms with van der Waals surface area (Å²) in [5.74, 6) is -0.221. The molecule has 2 atom stereocenters. The van der Waals surface area contributed by atoms with E-state index in [0.29, 0.717) is 16.7 Å². The summed E-state index contributed by atoms with van der Waals surface area (Å²) in [5.41, 5.74) is -0.862. The van der Waals surface area contributed by atoms with E-state index in [4.69, 9.17) is 18.6 Å². The van der Waals surface area contributed by atoms with Crippen molar-refractivity contribution in [3.63, 3.8) is 0 Å². The molecule has 1 aliphatic rings. The first kappa shape index (κ1) is 22.8. The van der Waals surface area contributed by atoms with Gasteiger partial charge in [-0.3, -0.25) is 9.59 Å². The molecule has 0 spiro atoms. The van der Waals surface area contributed by atoms with Gasteiger partial charge in [-0.2, -0.15) is 0 Å². The van der Waals surface area contributed by atoms with Crippen LogP contribution in [-0.4, -0.2) is 23.6 Å². The number of carbonyl (C=O) groups is 2. The molecule has 0 saturated heterocycles. The van der Waals surface area contributed by atoms with Gasteiger partial charge in [0, 0.05) is 24.3 Å². The fourth-order valence-corrected chi connectivity index (χ4v) is 3.72. The Balaban J connectivity index is 2.14. The van der Waals surface area contributed by atoms with Crippen LogP contribution in [0.4, 0.5) is 0 Å². The van der Waals surface area contributed by atoms with Crippen LogP contribution in [-0.2, 0) is 19.1 Å². The van der Waals surface area contributed by atoms with Gasteiger partial charge in [0.1, 0.15) is 16.9 Å². The lowest BCUT2D eigenvalue weighted by molar-refractivity contribution is -0.191. The molecule has 3 rings (SSSR count). The van der Waals surface area contributed by atoms with Gasteiger partial charge in [-0.1, -0.05) is 27.7 Å². The highest BCUT2D eigenvalue weighted by Crippen LogP contribution is 2.46. The zero-order valence-electron chi connectivity index (χ0n) is 18.9. The average Bonchev–Trinajstić information content (AvgIpc) is 2.62. The summed E-state index contributed by atoms with van der Waals surface area (Å²) >= 11 is 0. The largest absolute Gasteiger partial charge is 0.483 e. The maximum Gasteiger partial charge on any atom is 0.336 e. The number of benzene rings is 1. The van der Waals surface area contributed by atoms with Crippen molar-refractivity contribution >= 4 is 22.9 Å². The van der Waals surface area contributed by atoms with Gasteiger partial charge < -0.3 is 18.6 Å². The fourth-order valence-electron chi connectivity index (χ4n) is 3.72. The minimum absolute atomic E-state index is 0.0900. The maximum absolute atomic E-state index is 12.7. The first-order valence-corrected chi connectivity index (χ1v) is 10.6. The van der Waals surface area contributed by atoms with E-state index in [1.807, 2.05) is 27.7 Å². The van der Waals surface area contributed by atoms with Gasteiger partial charge in [0.05, 0.1) is 5.56 Å². The topological polar surface area (TPSA) is 92.0 Å². The molecular weight excluding hydrogens is 400 g/mol. The van der Waals surface area contributed by atoms with Crippen LogP contribution in [0.2, 0.25) is 0 Å². The van der Waals surface area contributed by atoms with Gasteiger partial charge in [0.25, 0.3) is 0 Å². The predicted octanol–water partition coefficient (Wildman–Crippen LogP) is 4.55. The van der Waals surface area contributed by atoms with Crippen molar-refractivity contribution in [3.05, 3.63) is 40.2 Å². The second-order valence-electron chi connectivity index (χ2n) is 9.37. The summed E-state index contributed by atoms with van der Waals surface area (Å²) < 4.78 is 23.3. The minimum atomic E-state index is -0.981. The lowest BCUT2D eigenvalue weighted by atomic mass is 9.87. The molecule has 0 saturated carbocycles. The minimum Gasteiger partial charge on any atom is -0.483 e. The van der Waals surface area contributed by atoms with Crippen LogP contribution in [0, 0.1) is 11.8 Å². The smallest absolute Gasteiger partial charge is 0.336 e. The van der Waals surface area contributed by atoms with E-state index in [1.54, 1.807) is 32.0 Å². The van der Waals surface area contributed by atoms with Crippen molar-refractivity contribution < 1.29 is 28.2 Å². The highest BCUT2D eigenvalue weighted by Gasteiger charge is 2.50. The molecule has 7 heteroatoms. The third-order valence-corrected chi connectivity index (χ3v) is 5.07. The summed E-state index contributed by atoms with van der Waals surface area (Å²) in [7, 11) is 0. The highest BCUT2D eigenvalue weighted by atomic mass is 16.6. The molecule has 7 nitrogen and oxygen atoms in total. The molecule has 0 amide bonds. The van der Waals surface area contributed by atoms with Crippen molar-refractivity contribution in [3.8, 4) is 5.75 Å². The van der Waals surface area contributed by atoms with Crippen LogP contribution in [0.15, 0.2) is 33.5 Å². The van der Waals surface area contributed by atoms with Gasteiger partial charge in [-0.25, -0.2) is 4.79 Å². The van der Waals surface area contributed by atoms with Crippen molar-refractivity contribution in [2.45, 2.75) is 72.2 Å². The maximum atomic E-state index is 12.7. The van der Waals surface area contributed by atoms with E-state index in [1.165, 1.54) is 6.07 Å². The van der Waals surface area contributed by atoms with Gasteiger partial charge >= 0.3 is 17.6 Å². The standard InChI is InChI=1S/C24H30O7/c1-13(2)11-18(26)29-22-20-16(9-7-15-8-10-17(25)28-21(15)20)31-24(5,6)23(22)30-19(27)12-14(3)4/h7-10,13-14,22-23H,11-12H2,1-6H3/t22-,23-/m1/s1. The third kappa shape index (κ3) is 5.09. The molecule has 1 aromatic heterocycles. The molecule has 0 radical (unpaired) electrons. The van der Waals surface area contributed by atoms with E-state index in [0.717, 1.165) is 0 Å². The second kappa shape index (κ2) is 8.73. The zero-order chi connectivity index (χ0) is 22.9. The molecule has 0 fully saturated rings. The molecule has 0 aliphatic carbocycles. The van der Waals surface area contributed by atoms with Crippen molar-refractivity contribution in [1.82, 2.24) is 0 Å². The molecule has 168 valence electrons. The molecule has 2 heterocycles. The van der Waals surface area contributed by atoms with Crippen LogP contribution in [0.1, 0.15) is 66.1 Å². The predicted molar refractivity (Wildman–Crippen MR) is 115 cm³/mol. The Hall–Kier alpha value is -2.83. The summed E-state index contributed by atoms with van der Waals surface area (Å²) in [6.07, 6.45) is -1.47. The molecule has 1 aliphatic heterocycles. The third-order valence-electron chi connectivity index (χ3n) is 5.07. The van der Waals surface area contributed by atoms with Crippen LogP contribution >= 0.6 is 0 Å². The molecule has 0 bridgehead atoms. The van der Waals surface area contributed by atoms with Crippen LogP contribution in [0.3, 0.4) is 0 Å². The second-order valence-corrected chi connectivity index (χ2v) is 9.37. The zero-order valence-corrected chi connectivity index (χ0v) is 18.9. The van der Waals surface area contributed by atoms with E-state index in [2.05, 4.69) is 0 Å². The van der Waals surface area contributed by atoms with Gasteiger partial charge in [-0.05, 0) is 43.9 Å². The Kier molecular flexibility index (Phi) is 6.43. The lowest BCUT2D eigenvalue weighted by Gasteiger charge is -2.43. The number of esters is 2. The summed E-state index contributed by atoms with van der Waals surface area (Å²) in [5, 5.41) is 0.652. The van der Waals surface area contributed by atoms with Crippen molar-refractivity contribution in [1.29, 1.82) is 0 Å². The molecule has 2 aromatic rings. The van der Waals surface area contributed by atoms with Gasteiger partial charge in [0.15, 0.2) is 12.2 Å². The number of carbonyl (C=O) groups excluding carboxylic acids is 2. The van der Waals surface area contributed by atoms with E-state index in [9.17, 15) is 14.4 Å². The number of hydrogen-bond acceptors (Lipinski definition) is 7. The normalized spacial score (nSPS) is 19.7.